The number of rotatable bonds is 4. The highest BCUT2D eigenvalue weighted by Crippen LogP contribution is 2.48. The van der Waals surface area contributed by atoms with Gasteiger partial charge >= 0.3 is 0 Å². The molecule has 0 atom stereocenters. The van der Waals surface area contributed by atoms with Crippen LogP contribution in [-0.2, 0) is 5.54 Å². The van der Waals surface area contributed by atoms with Gasteiger partial charge < -0.3 is 10.3 Å². The van der Waals surface area contributed by atoms with E-state index in [0.717, 1.165) is 35.4 Å². The molecule has 4 heterocycles. The van der Waals surface area contributed by atoms with E-state index in [1.54, 1.807) is 0 Å². The van der Waals surface area contributed by atoms with Gasteiger partial charge in [0.15, 0.2) is 5.65 Å². The number of nitrogens with zero attached hydrogens (tertiary/aromatic N) is 6. The molecule has 4 aromatic rings. The molecule has 1 fully saturated rings. The zero-order valence-corrected chi connectivity index (χ0v) is 20.5. The van der Waals surface area contributed by atoms with E-state index in [9.17, 15) is 0 Å². The zero-order valence-electron chi connectivity index (χ0n) is 20.5. The minimum atomic E-state index is -0.291. The standard InChI is InChI=1S/C23H27N7O.C2H6/c1-12(2)15-9-8-14(10-25-15)16-19(29-31-20(16)13-6-7-13)18-17-21(24)26-11-27-22(17)30(28-18)23(3,4)5;1-2/h8-13H,6-7H2,1-5H3,(H2,24,26,27);1-2H3. The van der Waals surface area contributed by atoms with Crippen molar-refractivity contribution >= 4 is 16.9 Å². The summed E-state index contributed by atoms with van der Waals surface area (Å²) in [6.45, 7) is 14.5. The second kappa shape index (κ2) is 8.57. The minimum Gasteiger partial charge on any atom is -0.383 e. The highest BCUT2D eigenvalue weighted by molar-refractivity contribution is 6.00. The first-order valence-electron chi connectivity index (χ1n) is 11.7. The quantitative estimate of drug-likeness (QED) is 0.414. The molecule has 5 rings (SSSR count). The summed E-state index contributed by atoms with van der Waals surface area (Å²) in [5, 5.41) is 10.1. The predicted octanol–water partition coefficient (Wildman–Crippen LogP) is 5.91. The van der Waals surface area contributed by atoms with Crippen molar-refractivity contribution in [3.8, 4) is 22.5 Å². The van der Waals surface area contributed by atoms with Gasteiger partial charge in [-0.3, -0.25) is 4.98 Å². The maximum atomic E-state index is 6.30. The number of fused-ring (bicyclic) bond motifs is 1. The fourth-order valence-electron chi connectivity index (χ4n) is 3.87. The first-order chi connectivity index (χ1) is 15.8. The third-order valence-corrected chi connectivity index (χ3v) is 5.69. The molecule has 0 radical (unpaired) electrons. The molecule has 0 aromatic carbocycles. The molecule has 1 aliphatic rings. The molecule has 2 N–H and O–H groups in total. The van der Waals surface area contributed by atoms with Gasteiger partial charge in [0.05, 0.1) is 16.5 Å². The SMILES string of the molecule is CC.CC(C)c1ccc(-c2c(-c3nn(C(C)(C)C)c4ncnc(N)c34)noc2C2CC2)cn1. The molecule has 0 aliphatic heterocycles. The lowest BCUT2D eigenvalue weighted by atomic mass is 9.99. The van der Waals surface area contributed by atoms with Crippen molar-refractivity contribution in [1.29, 1.82) is 0 Å². The number of anilines is 1. The van der Waals surface area contributed by atoms with Crippen molar-refractivity contribution in [2.45, 2.75) is 78.7 Å². The first-order valence-corrected chi connectivity index (χ1v) is 11.7. The van der Waals surface area contributed by atoms with Gasteiger partial charge in [0.2, 0.25) is 0 Å². The third kappa shape index (κ3) is 4.10. The molecule has 174 valence electrons. The summed E-state index contributed by atoms with van der Waals surface area (Å²) < 4.78 is 7.76. The molecule has 1 saturated carbocycles. The highest BCUT2D eigenvalue weighted by Gasteiger charge is 2.35. The lowest BCUT2D eigenvalue weighted by molar-refractivity contribution is 0.365. The first kappa shape index (κ1) is 22.9. The van der Waals surface area contributed by atoms with Gasteiger partial charge in [0.25, 0.3) is 0 Å². The summed E-state index contributed by atoms with van der Waals surface area (Å²) in [6.07, 6.45) is 5.57. The molecule has 0 spiro atoms. The van der Waals surface area contributed by atoms with Crippen LogP contribution in [0, 0.1) is 0 Å². The Morgan fingerprint density at radius 3 is 2.36 bits per heavy atom. The third-order valence-electron chi connectivity index (χ3n) is 5.69. The Kier molecular flexibility index (Phi) is 5.95. The normalized spacial score (nSPS) is 13.9. The van der Waals surface area contributed by atoms with Crippen LogP contribution in [0.5, 0.6) is 0 Å². The number of nitrogens with two attached hydrogens (primary N) is 1. The lowest BCUT2D eigenvalue weighted by Crippen LogP contribution is -2.23. The van der Waals surface area contributed by atoms with Crippen LogP contribution in [-0.4, -0.2) is 29.9 Å². The monoisotopic (exact) mass is 447 g/mol. The van der Waals surface area contributed by atoms with E-state index in [-0.39, 0.29) is 5.54 Å². The molecular formula is C25H33N7O. The van der Waals surface area contributed by atoms with Gasteiger partial charge in [-0.25, -0.2) is 14.6 Å². The Morgan fingerprint density at radius 2 is 1.79 bits per heavy atom. The van der Waals surface area contributed by atoms with E-state index in [4.69, 9.17) is 15.4 Å². The Morgan fingerprint density at radius 1 is 1.06 bits per heavy atom. The van der Waals surface area contributed by atoms with E-state index < -0.39 is 0 Å². The van der Waals surface area contributed by atoms with Gasteiger partial charge in [-0.15, -0.1) is 0 Å². The summed E-state index contributed by atoms with van der Waals surface area (Å²) in [5.74, 6) is 2.02. The van der Waals surface area contributed by atoms with E-state index in [1.165, 1.54) is 6.33 Å². The molecule has 8 heteroatoms. The fourth-order valence-corrected chi connectivity index (χ4v) is 3.87. The van der Waals surface area contributed by atoms with Crippen LogP contribution >= 0.6 is 0 Å². The highest BCUT2D eigenvalue weighted by atomic mass is 16.5. The van der Waals surface area contributed by atoms with Gasteiger partial charge in [0.1, 0.15) is 29.3 Å². The van der Waals surface area contributed by atoms with Crippen molar-refractivity contribution in [2.24, 2.45) is 0 Å². The van der Waals surface area contributed by atoms with Gasteiger partial charge in [-0.1, -0.05) is 38.9 Å². The molecule has 8 nitrogen and oxygen atoms in total. The van der Waals surface area contributed by atoms with E-state index >= 15 is 0 Å². The van der Waals surface area contributed by atoms with E-state index in [2.05, 4.69) is 66.9 Å². The van der Waals surface area contributed by atoms with E-state index in [0.29, 0.717) is 40.1 Å². The Bertz CT molecular complexity index is 1260. The van der Waals surface area contributed by atoms with Crippen molar-refractivity contribution in [2.75, 3.05) is 5.73 Å². The Labute approximate surface area is 194 Å². The molecule has 0 saturated heterocycles. The second-order valence-electron chi connectivity index (χ2n) is 9.56. The molecular weight excluding hydrogens is 414 g/mol. The van der Waals surface area contributed by atoms with Crippen LogP contribution in [0.15, 0.2) is 29.2 Å². The largest absolute Gasteiger partial charge is 0.383 e. The summed E-state index contributed by atoms with van der Waals surface area (Å²) in [7, 11) is 0. The van der Waals surface area contributed by atoms with Gasteiger partial charge in [-0.2, -0.15) is 5.10 Å². The van der Waals surface area contributed by atoms with E-state index in [1.807, 2.05) is 24.7 Å². The fraction of sp³-hybridized carbons (Fsp3) is 0.480. The molecule has 4 aromatic heterocycles. The Hall–Kier alpha value is -3.29. The van der Waals surface area contributed by atoms with Gasteiger partial charge in [0, 0.05) is 23.4 Å². The smallest absolute Gasteiger partial charge is 0.164 e. The van der Waals surface area contributed by atoms with Crippen LogP contribution in [0.3, 0.4) is 0 Å². The maximum Gasteiger partial charge on any atom is 0.164 e. The van der Waals surface area contributed by atoms with Crippen molar-refractivity contribution in [3.05, 3.63) is 36.1 Å². The number of pyridine rings is 1. The van der Waals surface area contributed by atoms with Crippen molar-refractivity contribution in [1.82, 2.24) is 29.9 Å². The molecule has 0 bridgehead atoms. The minimum absolute atomic E-state index is 0.291. The Balaban J connectivity index is 0.00000126. The topological polar surface area (TPSA) is 109 Å². The van der Waals surface area contributed by atoms with Crippen LogP contribution in [0.4, 0.5) is 5.82 Å². The summed E-state index contributed by atoms with van der Waals surface area (Å²) in [5.41, 5.74) is 11.0. The number of aromatic nitrogens is 6. The molecule has 0 amide bonds. The predicted molar refractivity (Wildman–Crippen MR) is 131 cm³/mol. The zero-order chi connectivity index (χ0) is 23.9. The lowest BCUT2D eigenvalue weighted by Gasteiger charge is -2.19. The number of nitrogen functional groups attached to an aromatic ring is 1. The summed E-state index contributed by atoms with van der Waals surface area (Å²) in [6, 6.07) is 4.16. The van der Waals surface area contributed by atoms with Gasteiger partial charge in [-0.05, 0) is 45.6 Å². The molecule has 33 heavy (non-hydrogen) atoms. The molecule has 0 unspecified atom stereocenters. The van der Waals surface area contributed by atoms with Crippen LogP contribution < -0.4 is 5.73 Å². The average Bonchev–Trinajstić information content (AvgIpc) is 3.40. The summed E-state index contributed by atoms with van der Waals surface area (Å²) in [4.78, 5) is 13.4. The molecule has 1 aliphatic carbocycles. The number of hydrogen-bond acceptors (Lipinski definition) is 7. The van der Waals surface area contributed by atoms with Crippen LogP contribution in [0.25, 0.3) is 33.5 Å². The van der Waals surface area contributed by atoms with Crippen molar-refractivity contribution in [3.63, 3.8) is 0 Å². The average molecular weight is 448 g/mol. The van der Waals surface area contributed by atoms with Crippen LogP contribution in [0.1, 0.15) is 84.6 Å². The number of hydrogen-bond donors (Lipinski definition) is 1. The second-order valence-corrected chi connectivity index (χ2v) is 9.56. The van der Waals surface area contributed by atoms with Crippen molar-refractivity contribution < 1.29 is 4.52 Å². The summed E-state index contributed by atoms with van der Waals surface area (Å²) >= 11 is 0. The maximum absolute atomic E-state index is 6.30. The van der Waals surface area contributed by atoms with Crippen LogP contribution in [0.2, 0.25) is 0 Å².